The van der Waals surface area contributed by atoms with Gasteiger partial charge in [-0.1, -0.05) is 12.1 Å². The molecule has 10 nitrogen and oxygen atoms in total. The summed E-state index contributed by atoms with van der Waals surface area (Å²) in [6, 6.07) is 19.3. The normalized spacial score (nSPS) is 11.4. The van der Waals surface area contributed by atoms with Crippen LogP contribution in [0.25, 0.3) is 50.2 Å². The third-order valence-electron chi connectivity index (χ3n) is 7.36. The van der Waals surface area contributed by atoms with Gasteiger partial charge in [0.15, 0.2) is 0 Å². The Balaban J connectivity index is 1.49. The van der Waals surface area contributed by atoms with Crippen LogP contribution in [0, 0.1) is 11.3 Å². The third-order valence-corrected chi connectivity index (χ3v) is 7.36. The highest BCUT2D eigenvalue weighted by Gasteiger charge is 2.19. The van der Waals surface area contributed by atoms with Crippen molar-refractivity contribution >= 4 is 21.8 Å². The summed E-state index contributed by atoms with van der Waals surface area (Å²) in [5.41, 5.74) is 6.87. The van der Waals surface area contributed by atoms with E-state index < -0.39 is 0 Å². The molecule has 0 fully saturated rings. The number of aromatic nitrogens is 9. The Morgan fingerprint density at radius 3 is 1.34 bits per heavy atom. The van der Waals surface area contributed by atoms with Gasteiger partial charge >= 0.3 is 0 Å². The van der Waals surface area contributed by atoms with E-state index >= 15 is 0 Å². The molecule has 0 radical (unpaired) electrons. The molecule has 0 spiro atoms. The van der Waals surface area contributed by atoms with Crippen LogP contribution in [0.2, 0.25) is 0 Å². The van der Waals surface area contributed by atoms with Crippen molar-refractivity contribution in [3.8, 4) is 34.5 Å². The third kappa shape index (κ3) is 3.57. The molecule has 0 saturated carbocycles. The number of fused-ring (bicyclic) bond motifs is 3. The Morgan fingerprint density at radius 1 is 0.512 bits per heavy atom. The molecule has 8 rings (SSSR count). The van der Waals surface area contributed by atoms with Gasteiger partial charge in [0, 0.05) is 71.7 Å². The minimum atomic E-state index is 0.517. The van der Waals surface area contributed by atoms with Gasteiger partial charge in [0.1, 0.15) is 11.6 Å². The molecule has 0 aliphatic rings. The van der Waals surface area contributed by atoms with Crippen molar-refractivity contribution < 1.29 is 0 Å². The topological polar surface area (TPSA) is 100 Å². The quantitative estimate of drug-likeness (QED) is 0.296. The van der Waals surface area contributed by atoms with Gasteiger partial charge in [-0.25, -0.2) is 19.9 Å². The molecule has 0 aliphatic carbocycles. The Labute approximate surface area is 233 Å². The van der Waals surface area contributed by atoms with Gasteiger partial charge < -0.3 is 22.8 Å². The predicted octanol–water partition coefficient (Wildman–Crippen LogP) is 5.40. The Hall–Kier alpha value is -6.21. The summed E-state index contributed by atoms with van der Waals surface area (Å²) in [6.45, 7) is 0. The van der Waals surface area contributed by atoms with Gasteiger partial charge in [-0.3, -0.25) is 0 Å². The number of rotatable bonds is 5. The van der Waals surface area contributed by atoms with Crippen LogP contribution in [0.5, 0.6) is 0 Å². The minimum Gasteiger partial charge on any atom is -0.309 e. The predicted molar refractivity (Wildman–Crippen MR) is 154 cm³/mol. The van der Waals surface area contributed by atoms with E-state index in [9.17, 15) is 5.26 Å². The zero-order chi connectivity index (χ0) is 27.3. The first kappa shape index (κ1) is 22.7. The molecule has 0 bridgehead atoms. The zero-order valence-corrected chi connectivity index (χ0v) is 21.5. The van der Waals surface area contributed by atoms with E-state index in [4.69, 9.17) is 0 Å². The van der Waals surface area contributed by atoms with E-state index in [1.807, 2.05) is 55.2 Å². The van der Waals surface area contributed by atoms with Crippen LogP contribution in [0.3, 0.4) is 0 Å². The molecule has 0 atom stereocenters. The molecule has 5 aromatic heterocycles. The number of nitrogens with zero attached hydrogens (tertiary/aromatic N) is 10. The van der Waals surface area contributed by atoms with Crippen molar-refractivity contribution in [2.75, 3.05) is 0 Å². The monoisotopic (exact) mass is 532 g/mol. The van der Waals surface area contributed by atoms with Crippen LogP contribution >= 0.6 is 0 Å². The summed E-state index contributed by atoms with van der Waals surface area (Å²) < 4.78 is 9.96. The SMILES string of the molecule is N#Cc1c(-n2ccnc2)cc(-n2c3cc(-n4ccnc4)ccc3c3ccc(-n4ccnc4)cc32)cc1-n1ccnc1. The maximum absolute atomic E-state index is 10.3. The maximum Gasteiger partial charge on any atom is 0.104 e. The van der Waals surface area contributed by atoms with Crippen LogP contribution in [0.1, 0.15) is 5.56 Å². The molecule has 0 N–H and O–H groups in total. The van der Waals surface area contributed by atoms with Crippen molar-refractivity contribution in [2.24, 2.45) is 0 Å². The lowest BCUT2D eigenvalue weighted by Gasteiger charge is -2.17. The van der Waals surface area contributed by atoms with E-state index in [1.165, 1.54) is 0 Å². The van der Waals surface area contributed by atoms with E-state index in [1.54, 1.807) is 50.1 Å². The zero-order valence-electron chi connectivity index (χ0n) is 21.5. The molecule has 10 heteroatoms. The fourth-order valence-electron chi connectivity index (χ4n) is 5.47. The number of nitriles is 1. The molecule has 0 unspecified atom stereocenters. The van der Waals surface area contributed by atoms with Crippen LogP contribution in [-0.2, 0) is 0 Å². The summed E-state index contributed by atoms with van der Waals surface area (Å²) in [4.78, 5) is 17.0. The van der Waals surface area contributed by atoms with Crippen LogP contribution in [-0.4, -0.2) is 42.8 Å². The lowest BCUT2D eigenvalue weighted by molar-refractivity contribution is 0.998. The van der Waals surface area contributed by atoms with Crippen molar-refractivity contribution in [2.45, 2.75) is 0 Å². The van der Waals surface area contributed by atoms with Crippen molar-refractivity contribution in [1.29, 1.82) is 5.26 Å². The summed E-state index contributed by atoms with van der Waals surface area (Å²) in [6.07, 6.45) is 21.5. The van der Waals surface area contributed by atoms with Gasteiger partial charge in [0.05, 0.1) is 53.4 Å². The maximum atomic E-state index is 10.3. The van der Waals surface area contributed by atoms with Crippen LogP contribution < -0.4 is 0 Å². The van der Waals surface area contributed by atoms with E-state index in [0.717, 1.165) is 50.2 Å². The van der Waals surface area contributed by atoms with Gasteiger partial charge in [0.25, 0.3) is 0 Å². The Morgan fingerprint density at radius 2 is 0.951 bits per heavy atom. The summed E-state index contributed by atoms with van der Waals surface area (Å²) in [7, 11) is 0. The second-order valence-electron chi connectivity index (χ2n) is 9.59. The van der Waals surface area contributed by atoms with Gasteiger partial charge in [-0.2, -0.15) is 5.26 Å². The molecular formula is C31H20N10. The molecule has 8 aromatic rings. The second kappa shape index (κ2) is 8.93. The standard InChI is InChI=1S/C31H20N10/c32-17-27-28(39-11-7-35-20-39)15-24(16-29(27)40-12-8-36-21-40)41-30-13-22(37-9-5-33-18-37)1-3-25(30)26-4-2-23(14-31(26)41)38-10-6-34-19-38/h1-16,18-21H. The summed E-state index contributed by atoms with van der Waals surface area (Å²) in [5.74, 6) is 0. The molecule has 0 saturated heterocycles. The number of benzene rings is 3. The summed E-state index contributed by atoms with van der Waals surface area (Å²) >= 11 is 0. The van der Waals surface area contributed by atoms with Gasteiger partial charge in [0.2, 0.25) is 0 Å². The van der Waals surface area contributed by atoms with Gasteiger partial charge in [-0.05, 0) is 36.4 Å². The lowest BCUT2D eigenvalue weighted by Crippen LogP contribution is -2.06. The Kier molecular flexibility index (Phi) is 4.95. The lowest BCUT2D eigenvalue weighted by atomic mass is 10.1. The highest BCUT2D eigenvalue weighted by atomic mass is 15.1. The van der Waals surface area contributed by atoms with Crippen molar-refractivity contribution in [1.82, 2.24) is 42.8 Å². The largest absolute Gasteiger partial charge is 0.309 e. The molecule has 0 amide bonds. The molecular weight excluding hydrogens is 512 g/mol. The molecule has 0 aliphatic heterocycles. The fourth-order valence-corrected chi connectivity index (χ4v) is 5.47. The molecule has 5 heterocycles. The van der Waals surface area contributed by atoms with E-state index in [-0.39, 0.29) is 0 Å². The van der Waals surface area contributed by atoms with E-state index in [0.29, 0.717) is 5.56 Å². The molecule has 41 heavy (non-hydrogen) atoms. The first-order valence-corrected chi connectivity index (χ1v) is 12.9. The van der Waals surface area contributed by atoms with Crippen LogP contribution in [0.15, 0.2) is 123 Å². The van der Waals surface area contributed by atoms with Crippen LogP contribution in [0.4, 0.5) is 0 Å². The van der Waals surface area contributed by atoms with Gasteiger partial charge in [-0.15, -0.1) is 0 Å². The first-order chi connectivity index (χ1) is 20.3. The average Bonchev–Trinajstić information content (AvgIpc) is 3.86. The highest BCUT2D eigenvalue weighted by Crippen LogP contribution is 2.36. The Bertz CT molecular complexity index is 2050. The first-order valence-electron chi connectivity index (χ1n) is 12.9. The smallest absolute Gasteiger partial charge is 0.104 e. The number of imidazole rings is 4. The van der Waals surface area contributed by atoms with Crippen molar-refractivity contribution in [3.05, 3.63) is 129 Å². The number of hydrogen-bond donors (Lipinski definition) is 0. The second-order valence-corrected chi connectivity index (χ2v) is 9.59. The molecule has 194 valence electrons. The average molecular weight is 533 g/mol. The van der Waals surface area contributed by atoms with Crippen molar-refractivity contribution in [3.63, 3.8) is 0 Å². The molecule has 3 aromatic carbocycles. The minimum absolute atomic E-state index is 0.517. The number of hydrogen-bond acceptors (Lipinski definition) is 5. The van der Waals surface area contributed by atoms with E-state index in [2.05, 4.69) is 67.0 Å². The fraction of sp³-hybridized carbons (Fsp3) is 0. The summed E-state index contributed by atoms with van der Waals surface area (Å²) in [5, 5.41) is 12.5. The highest BCUT2D eigenvalue weighted by molar-refractivity contribution is 6.10.